The maximum atomic E-state index is 12.6. The number of morpholine rings is 1. The summed E-state index contributed by atoms with van der Waals surface area (Å²) in [6.07, 6.45) is 3.11. The fraction of sp³-hybridized carbons (Fsp3) is 0.579. The molecule has 2 saturated heterocycles. The number of nitrogens with zero attached hydrogens (tertiary/aromatic N) is 2. The van der Waals surface area contributed by atoms with Gasteiger partial charge in [-0.1, -0.05) is 6.42 Å². The van der Waals surface area contributed by atoms with Crippen LogP contribution in [0, 0.1) is 0 Å². The molecule has 2 fully saturated rings. The third-order valence-corrected chi connectivity index (χ3v) is 7.19. The number of carbonyl (C=O) groups excluding carboxylic acids is 2. The van der Waals surface area contributed by atoms with Crippen LogP contribution in [0.2, 0.25) is 0 Å². The number of primary amides is 1. The second-order valence-electron chi connectivity index (χ2n) is 7.38. The highest BCUT2D eigenvalue weighted by Crippen LogP contribution is 2.21. The number of sulfonamides is 1. The first kappa shape index (κ1) is 21.7. The van der Waals surface area contributed by atoms with E-state index in [1.807, 2.05) is 4.90 Å². The molecule has 1 aromatic carbocycles. The lowest BCUT2D eigenvalue weighted by atomic mass is 9.99. The Morgan fingerprint density at radius 2 is 1.79 bits per heavy atom. The van der Waals surface area contributed by atoms with E-state index in [-0.39, 0.29) is 35.7 Å². The van der Waals surface area contributed by atoms with Crippen molar-refractivity contribution in [2.75, 3.05) is 44.7 Å². The van der Waals surface area contributed by atoms with Crippen LogP contribution in [0.1, 0.15) is 25.7 Å². The molecule has 2 amide bonds. The number of nitrogens with one attached hydrogen (secondary N) is 1. The van der Waals surface area contributed by atoms with E-state index < -0.39 is 10.0 Å². The molecule has 1 unspecified atom stereocenters. The van der Waals surface area contributed by atoms with Crippen molar-refractivity contribution >= 4 is 27.5 Å². The van der Waals surface area contributed by atoms with Crippen molar-refractivity contribution in [2.24, 2.45) is 5.73 Å². The van der Waals surface area contributed by atoms with Crippen LogP contribution in [0.4, 0.5) is 5.69 Å². The van der Waals surface area contributed by atoms with Crippen molar-refractivity contribution < 1.29 is 22.7 Å². The van der Waals surface area contributed by atoms with E-state index in [0.29, 0.717) is 32.0 Å². The van der Waals surface area contributed by atoms with Gasteiger partial charge >= 0.3 is 0 Å². The van der Waals surface area contributed by atoms with Crippen molar-refractivity contribution in [3.63, 3.8) is 0 Å². The fourth-order valence-corrected chi connectivity index (χ4v) is 5.17. The van der Waals surface area contributed by atoms with Gasteiger partial charge in [-0.2, -0.15) is 4.31 Å². The number of amides is 2. The molecule has 2 aliphatic heterocycles. The lowest BCUT2D eigenvalue weighted by molar-refractivity contribution is -0.122. The molecule has 0 bridgehead atoms. The van der Waals surface area contributed by atoms with E-state index in [1.165, 1.54) is 16.4 Å². The lowest BCUT2D eigenvalue weighted by Crippen LogP contribution is -2.45. The largest absolute Gasteiger partial charge is 0.379 e. The number of hydrogen-bond acceptors (Lipinski definition) is 6. The average Bonchev–Trinajstić information content (AvgIpc) is 2.70. The number of piperidine rings is 1. The van der Waals surface area contributed by atoms with Crippen LogP contribution in [-0.2, 0) is 24.3 Å². The molecule has 3 rings (SSSR count). The molecule has 160 valence electrons. The summed E-state index contributed by atoms with van der Waals surface area (Å²) < 4.78 is 31.9. The Morgan fingerprint density at radius 3 is 2.45 bits per heavy atom. The predicted octanol–water partition coefficient (Wildman–Crippen LogP) is 0.376. The maximum absolute atomic E-state index is 12.6. The Labute approximate surface area is 171 Å². The quantitative estimate of drug-likeness (QED) is 0.652. The highest BCUT2D eigenvalue weighted by molar-refractivity contribution is 7.89. The highest BCUT2D eigenvalue weighted by Gasteiger charge is 2.27. The van der Waals surface area contributed by atoms with E-state index in [9.17, 15) is 18.0 Å². The van der Waals surface area contributed by atoms with Crippen molar-refractivity contribution in [2.45, 2.75) is 36.6 Å². The fourth-order valence-electron chi connectivity index (χ4n) is 3.76. The first-order chi connectivity index (χ1) is 13.9. The summed E-state index contributed by atoms with van der Waals surface area (Å²) in [5.41, 5.74) is 5.84. The van der Waals surface area contributed by atoms with Gasteiger partial charge in [0.15, 0.2) is 0 Å². The number of anilines is 1. The summed E-state index contributed by atoms with van der Waals surface area (Å²) in [7, 11) is -3.56. The van der Waals surface area contributed by atoms with Gasteiger partial charge < -0.3 is 15.8 Å². The molecule has 9 nitrogen and oxygen atoms in total. The number of benzene rings is 1. The number of nitrogens with two attached hydrogens (primary N) is 1. The van der Waals surface area contributed by atoms with Crippen LogP contribution in [0.3, 0.4) is 0 Å². The Bertz CT molecular complexity index is 822. The maximum Gasteiger partial charge on any atom is 0.243 e. The zero-order chi connectivity index (χ0) is 20.9. The van der Waals surface area contributed by atoms with Gasteiger partial charge in [0.05, 0.1) is 24.7 Å². The zero-order valence-corrected chi connectivity index (χ0v) is 17.2. The first-order valence-electron chi connectivity index (χ1n) is 9.86. The molecule has 1 atom stereocenters. The van der Waals surface area contributed by atoms with Crippen molar-refractivity contribution in [3.05, 3.63) is 24.3 Å². The molecule has 0 radical (unpaired) electrons. The summed E-state index contributed by atoms with van der Waals surface area (Å²) in [6, 6.07) is 6.16. The normalized spacial score (nSPS) is 21.6. The van der Waals surface area contributed by atoms with Gasteiger partial charge in [0.2, 0.25) is 21.8 Å². The Kier molecular flexibility index (Phi) is 7.23. The minimum atomic E-state index is -3.56. The standard InChI is InChI=1S/C19H28N4O5S/c20-18(24)13-16-3-1-2-8-22(16)14-19(25)21-15-4-6-17(7-5-15)29(26,27)23-9-11-28-12-10-23/h4-7,16H,1-3,8-14H2,(H2,20,24)(H,21,25). The van der Waals surface area contributed by atoms with E-state index in [4.69, 9.17) is 10.5 Å². The van der Waals surface area contributed by atoms with E-state index in [0.717, 1.165) is 25.8 Å². The van der Waals surface area contributed by atoms with Crippen LogP contribution in [0.25, 0.3) is 0 Å². The third-order valence-electron chi connectivity index (χ3n) is 5.28. The number of carbonyl (C=O) groups is 2. The van der Waals surface area contributed by atoms with Crippen LogP contribution < -0.4 is 11.1 Å². The topological polar surface area (TPSA) is 122 Å². The number of rotatable bonds is 7. The van der Waals surface area contributed by atoms with Crippen LogP contribution in [-0.4, -0.2) is 74.9 Å². The molecule has 0 aliphatic carbocycles. The second-order valence-corrected chi connectivity index (χ2v) is 9.32. The molecule has 10 heteroatoms. The van der Waals surface area contributed by atoms with Crippen LogP contribution in [0.15, 0.2) is 29.2 Å². The van der Waals surface area contributed by atoms with Crippen molar-refractivity contribution in [3.8, 4) is 0 Å². The SMILES string of the molecule is NC(=O)CC1CCCCN1CC(=O)Nc1ccc(S(=O)(=O)N2CCOCC2)cc1. The van der Waals surface area contributed by atoms with Gasteiger partial charge in [-0.15, -0.1) is 0 Å². The summed E-state index contributed by atoms with van der Waals surface area (Å²) in [4.78, 5) is 25.9. The number of likely N-dealkylation sites (tertiary alicyclic amines) is 1. The van der Waals surface area contributed by atoms with Gasteiger partial charge in [-0.3, -0.25) is 14.5 Å². The predicted molar refractivity (Wildman–Crippen MR) is 108 cm³/mol. The molecular formula is C19H28N4O5S. The second kappa shape index (κ2) is 9.66. The summed E-state index contributed by atoms with van der Waals surface area (Å²) >= 11 is 0. The van der Waals surface area contributed by atoms with Gasteiger partial charge in [-0.05, 0) is 43.7 Å². The van der Waals surface area contributed by atoms with Gasteiger partial charge in [0.25, 0.3) is 0 Å². The molecule has 0 aromatic heterocycles. The molecular weight excluding hydrogens is 396 g/mol. The Morgan fingerprint density at radius 1 is 1.10 bits per heavy atom. The molecule has 29 heavy (non-hydrogen) atoms. The smallest absolute Gasteiger partial charge is 0.243 e. The molecule has 0 spiro atoms. The molecule has 2 heterocycles. The Hall–Kier alpha value is -2.01. The molecule has 3 N–H and O–H groups in total. The van der Waals surface area contributed by atoms with Gasteiger partial charge in [0.1, 0.15) is 0 Å². The Balaban J connectivity index is 1.59. The first-order valence-corrected chi connectivity index (χ1v) is 11.3. The zero-order valence-electron chi connectivity index (χ0n) is 16.4. The highest BCUT2D eigenvalue weighted by atomic mass is 32.2. The van der Waals surface area contributed by atoms with Crippen molar-refractivity contribution in [1.82, 2.24) is 9.21 Å². The van der Waals surface area contributed by atoms with E-state index in [1.54, 1.807) is 12.1 Å². The average molecular weight is 425 g/mol. The van der Waals surface area contributed by atoms with Crippen LogP contribution in [0.5, 0.6) is 0 Å². The van der Waals surface area contributed by atoms with Crippen LogP contribution >= 0.6 is 0 Å². The lowest BCUT2D eigenvalue weighted by Gasteiger charge is -2.34. The van der Waals surface area contributed by atoms with Gasteiger partial charge in [0, 0.05) is 31.2 Å². The van der Waals surface area contributed by atoms with E-state index >= 15 is 0 Å². The number of ether oxygens (including phenoxy) is 1. The van der Waals surface area contributed by atoms with E-state index in [2.05, 4.69) is 5.32 Å². The monoisotopic (exact) mass is 424 g/mol. The van der Waals surface area contributed by atoms with Crippen molar-refractivity contribution in [1.29, 1.82) is 0 Å². The summed E-state index contributed by atoms with van der Waals surface area (Å²) in [6.45, 7) is 2.38. The van der Waals surface area contributed by atoms with Gasteiger partial charge in [-0.25, -0.2) is 8.42 Å². The molecule has 2 aliphatic rings. The minimum Gasteiger partial charge on any atom is -0.379 e. The third kappa shape index (κ3) is 5.75. The summed E-state index contributed by atoms with van der Waals surface area (Å²) in [5.74, 6) is -0.565. The number of hydrogen-bond donors (Lipinski definition) is 2. The minimum absolute atomic E-state index is 0.00644. The molecule has 1 aromatic rings. The summed E-state index contributed by atoms with van der Waals surface area (Å²) in [5, 5.41) is 2.80. The molecule has 0 saturated carbocycles.